The minimum atomic E-state index is -0.0770. The molecule has 0 N–H and O–H groups in total. The summed E-state index contributed by atoms with van der Waals surface area (Å²) in [6, 6.07) is 18.5. The lowest BCUT2D eigenvalue weighted by atomic mass is 9.78. The highest BCUT2D eigenvalue weighted by Gasteiger charge is 2.20. The first-order valence-electron chi connectivity index (χ1n) is 13.6. The molecule has 3 aromatic carbocycles. The first-order valence-corrected chi connectivity index (χ1v) is 13.6. The fraction of sp³-hybridized carbons (Fsp3) is 0.412. The van der Waals surface area contributed by atoms with Crippen molar-refractivity contribution < 1.29 is 4.39 Å². The predicted octanol–water partition coefficient (Wildman–Crippen LogP) is 9.43. The van der Waals surface area contributed by atoms with Crippen molar-refractivity contribution in [2.45, 2.75) is 77.6 Å². The van der Waals surface area contributed by atoms with Crippen molar-refractivity contribution in [3.8, 4) is 11.8 Å². The summed E-state index contributed by atoms with van der Waals surface area (Å²) in [4.78, 5) is 0. The van der Waals surface area contributed by atoms with E-state index in [-0.39, 0.29) is 5.82 Å². The average molecular weight is 467 g/mol. The molecular weight excluding hydrogens is 427 g/mol. The van der Waals surface area contributed by atoms with E-state index in [1.54, 1.807) is 0 Å². The highest BCUT2D eigenvalue weighted by molar-refractivity contribution is 5.85. The molecule has 35 heavy (non-hydrogen) atoms. The van der Waals surface area contributed by atoms with Crippen LogP contribution in [0, 0.1) is 29.5 Å². The fourth-order valence-corrected chi connectivity index (χ4v) is 5.41. The topological polar surface area (TPSA) is 0 Å². The van der Waals surface area contributed by atoms with Gasteiger partial charge in [0.2, 0.25) is 0 Å². The molecule has 0 radical (unpaired) electrons. The van der Waals surface area contributed by atoms with E-state index < -0.39 is 0 Å². The van der Waals surface area contributed by atoms with E-state index >= 15 is 0 Å². The van der Waals surface area contributed by atoms with Gasteiger partial charge in [-0.05, 0) is 91.1 Å². The van der Waals surface area contributed by atoms with Gasteiger partial charge in [-0.3, -0.25) is 0 Å². The number of halogens is 1. The zero-order valence-electron chi connectivity index (χ0n) is 21.3. The molecule has 0 saturated heterocycles. The number of unbranched alkanes of at least 4 members (excludes halogenated alkanes) is 1. The Kier molecular flexibility index (Phi) is 9.19. The Morgan fingerprint density at radius 2 is 1.54 bits per heavy atom. The molecule has 1 aliphatic carbocycles. The van der Waals surface area contributed by atoms with Crippen LogP contribution in [0.25, 0.3) is 10.8 Å². The third kappa shape index (κ3) is 7.08. The molecule has 4 rings (SSSR count). The van der Waals surface area contributed by atoms with Crippen molar-refractivity contribution in [3.63, 3.8) is 0 Å². The van der Waals surface area contributed by atoms with Gasteiger partial charge in [0.05, 0.1) is 0 Å². The molecular formula is C34H39F. The molecule has 0 amide bonds. The van der Waals surface area contributed by atoms with Gasteiger partial charge in [0.15, 0.2) is 0 Å². The van der Waals surface area contributed by atoms with Gasteiger partial charge in [0.25, 0.3) is 0 Å². The Morgan fingerprint density at radius 3 is 2.26 bits per heavy atom. The van der Waals surface area contributed by atoms with Crippen molar-refractivity contribution >= 4 is 10.8 Å². The number of fused-ring (bicyclic) bond motifs is 1. The number of hydrogen-bond donors (Lipinski definition) is 0. The first kappa shape index (κ1) is 25.2. The van der Waals surface area contributed by atoms with Gasteiger partial charge < -0.3 is 0 Å². The lowest BCUT2D eigenvalue weighted by molar-refractivity contribution is 0.254. The van der Waals surface area contributed by atoms with Crippen molar-refractivity contribution in [2.75, 3.05) is 0 Å². The smallest absolute Gasteiger partial charge is 0.134 e. The molecule has 1 saturated carbocycles. The molecule has 3 aromatic rings. The van der Waals surface area contributed by atoms with Crippen LogP contribution >= 0.6 is 0 Å². The van der Waals surface area contributed by atoms with E-state index in [9.17, 15) is 4.39 Å². The summed E-state index contributed by atoms with van der Waals surface area (Å²) in [6.45, 7) is 5.99. The van der Waals surface area contributed by atoms with Crippen LogP contribution in [-0.2, 0) is 12.8 Å². The number of benzene rings is 3. The zero-order chi connectivity index (χ0) is 24.5. The maximum atomic E-state index is 14.8. The highest BCUT2D eigenvalue weighted by Crippen LogP contribution is 2.34. The van der Waals surface area contributed by atoms with Crippen molar-refractivity contribution in [1.82, 2.24) is 0 Å². The van der Waals surface area contributed by atoms with E-state index in [1.165, 1.54) is 50.5 Å². The van der Waals surface area contributed by atoms with Crippen molar-refractivity contribution in [1.29, 1.82) is 0 Å². The SMILES string of the molecule is C=CCCC1CCC(CCc2ccc(C#Cc3ccc4c(F)c(CCCC)ccc4c3)cc2)CC1. The number of aryl methyl sites for hydroxylation is 2. The maximum absolute atomic E-state index is 14.8. The molecule has 0 atom stereocenters. The molecule has 0 spiro atoms. The minimum absolute atomic E-state index is 0.0770. The summed E-state index contributed by atoms with van der Waals surface area (Å²) in [5.41, 5.74) is 4.17. The largest absolute Gasteiger partial charge is 0.206 e. The summed E-state index contributed by atoms with van der Waals surface area (Å²) in [7, 11) is 0. The molecule has 182 valence electrons. The second-order valence-electron chi connectivity index (χ2n) is 10.3. The minimum Gasteiger partial charge on any atom is -0.206 e. The van der Waals surface area contributed by atoms with Crippen LogP contribution in [0.4, 0.5) is 4.39 Å². The normalized spacial score (nSPS) is 17.7. The Balaban J connectivity index is 1.32. The third-order valence-electron chi connectivity index (χ3n) is 7.73. The van der Waals surface area contributed by atoms with E-state index in [2.05, 4.69) is 55.7 Å². The molecule has 1 aliphatic rings. The van der Waals surface area contributed by atoms with E-state index in [0.29, 0.717) is 5.39 Å². The summed E-state index contributed by atoms with van der Waals surface area (Å²) in [6.07, 6.45) is 15.5. The van der Waals surface area contributed by atoms with Crippen LogP contribution in [0.15, 0.2) is 67.3 Å². The lowest BCUT2D eigenvalue weighted by Gasteiger charge is -2.28. The molecule has 0 aromatic heterocycles. The summed E-state index contributed by atoms with van der Waals surface area (Å²) in [5, 5.41) is 1.61. The molecule has 0 unspecified atom stereocenters. The highest BCUT2D eigenvalue weighted by atomic mass is 19.1. The van der Waals surface area contributed by atoms with Gasteiger partial charge in [0.1, 0.15) is 5.82 Å². The van der Waals surface area contributed by atoms with Gasteiger partial charge in [-0.25, -0.2) is 4.39 Å². The number of rotatable bonds is 9. The zero-order valence-corrected chi connectivity index (χ0v) is 21.3. The van der Waals surface area contributed by atoms with Gasteiger partial charge in [-0.2, -0.15) is 0 Å². The van der Waals surface area contributed by atoms with Crippen LogP contribution in [0.1, 0.15) is 87.0 Å². The van der Waals surface area contributed by atoms with Gasteiger partial charge in [-0.1, -0.05) is 87.3 Å². The standard InChI is InChI=1S/C34H39F/c1-3-5-7-26-9-11-27(12-10-26)13-14-28-15-17-29(18-16-28)19-20-30-21-24-33-32(25-30)23-22-31(34(33)35)8-6-4-2/h3,15-18,21-27H,1,4-14H2,2H3. The first-order chi connectivity index (χ1) is 17.2. The lowest BCUT2D eigenvalue weighted by Crippen LogP contribution is -2.15. The van der Waals surface area contributed by atoms with Crippen LogP contribution in [0.5, 0.6) is 0 Å². The second kappa shape index (κ2) is 12.7. The maximum Gasteiger partial charge on any atom is 0.134 e. The van der Waals surface area contributed by atoms with E-state index in [0.717, 1.165) is 59.6 Å². The van der Waals surface area contributed by atoms with E-state index in [4.69, 9.17) is 0 Å². The summed E-state index contributed by atoms with van der Waals surface area (Å²) in [5.74, 6) is 8.28. The quantitative estimate of drug-likeness (QED) is 0.218. The Morgan fingerprint density at radius 1 is 0.857 bits per heavy atom. The predicted molar refractivity (Wildman–Crippen MR) is 148 cm³/mol. The van der Waals surface area contributed by atoms with E-state index in [1.807, 2.05) is 30.3 Å². The molecule has 0 aliphatic heterocycles. The van der Waals surface area contributed by atoms with Crippen molar-refractivity contribution in [2.24, 2.45) is 11.8 Å². The third-order valence-corrected chi connectivity index (χ3v) is 7.73. The Bertz CT molecular complexity index is 1170. The van der Waals surface area contributed by atoms with Crippen LogP contribution in [0.2, 0.25) is 0 Å². The fourth-order valence-electron chi connectivity index (χ4n) is 5.41. The van der Waals surface area contributed by atoms with Gasteiger partial charge >= 0.3 is 0 Å². The van der Waals surface area contributed by atoms with Crippen LogP contribution in [0.3, 0.4) is 0 Å². The number of allylic oxidation sites excluding steroid dienone is 1. The molecule has 0 heterocycles. The number of hydrogen-bond acceptors (Lipinski definition) is 0. The molecule has 0 nitrogen and oxygen atoms in total. The summed E-state index contributed by atoms with van der Waals surface area (Å²) < 4.78 is 14.8. The van der Waals surface area contributed by atoms with Gasteiger partial charge in [-0.15, -0.1) is 6.58 Å². The Labute approximate surface area is 211 Å². The second-order valence-corrected chi connectivity index (χ2v) is 10.3. The average Bonchev–Trinajstić information content (AvgIpc) is 2.90. The Hall–Kier alpha value is -2.85. The van der Waals surface area contributed by atoms with Crippen LogP contribution < -0.4 is 0 Å². The summed E-state index contributed by atoms with van der Waals surface area (Å²) >= 11 is 0. The van der Waals surface area contributed by atoms with Crippen molar-refractivity contribution in [3.05, 3.63) is 95.3 Å². The molecule has 0 bridgehead atoms. The van der Waals surface area contributed by atoms with Crippen LogP contribution in [-0.4, -0.2) is 0 Å². The molecule has 1 heteroatoms. The van der Waals surface area contributed by atoms with Gasteiger partial charge in [0, 0.05) is 16.5 Å². The molecule has 1 fully saturated rings. The monoisotopic (exact) mass is 466 g/mol.